The second-order valence-electron chi connectivity index (χ2n) is 6.93. The number of benzene rings is 1. The van der Waals surface area contributed by atoms with Gasteiger partial charge in [0.2, 0.25) is 5.89 Å². The molecule has 2 aromatic heterocycles. The van der Waals surface area contributed by atoms with Crippen LogP contribution in [0.15, 0.2) is 28.8 Å². The van der Waals surface area contributed by atoms with E-state index in [-0.39, 0.29) is 12.0 Å². The zero-order valence-electron chi connectivity index (χ0n) is 14.7. The van der Waals surface area contributed by atoms with Crippen LogP contribution < -0.4 is 4.90 Å². The topological polar surface area (TPSA) is 55.1 Å². The second kappa shape index (κ2) is 6.30. The smallest absolute Gasteiger partial charge is 0.229 e. The van der Waals surface area contributed by atoms with E-state index in [1.807, 2.05) is 18.2 Å². The van der Waals surface area contributed by atoms with Crippen LogP contribution in [0.4, 0.5) is 5.82 Å². The van der Waals surface area contributed by atoms with Crippen LogP contribution in [0.1, 0.15) is 55.9 Å². The summed E-state index contributed by atoms with van der Waals surface area (Å²) in [5.41, 5.74) is 2.07. The Morgan fingerprint density at radius 3 is 2.80 bits per heavy atom. The van der Waals surface area contributed by atoms with Gasteiger partial charge in [0.05, 0.1) is 11.6 Å². The fraction of sp³-hybridized carbons (Fsp3) is 0.421. The summed E-state index contributed by atoms with van der Waals surface area (Å²) in [6.07, 6.45) is 2.09. The van der Waals surface area contributed by atoms with Gasteiger partial charge in [0.25, 0.3) is 0 Å². The van der Waals surface area contributed by atoms with E-state index in [9.17, 15) is 0 Å². The lowest BCUT2D eigenvalue weighted by atomic mass is 10.1. The third-order valence-corrected chi connectivity index (χ3v) is 5.12. The van der Waals surface area contributed by atoms with Crippen molar-refractivity contribution in [2.45, 2.75) is 45.6 Å². The number of hydrogen-bond donors (Lipinski definition) is 0. The first kappa shape index (κ1) is 16.3. The van der Waals surface area contributed by atoms with E-state index in [0.29, 0.717) is 5.89 Å². The van der Waals surface area contributed by atoms with Gasteiger partial charge in [-0.3, -0.25) is 0 Å². The van der Waals surface area contributed by atoms with Crippen LogP contribution in [-0.2, 0) is 0 Å². The molecular formula is C19H21ClN4O. The van der Waals surface area contributed by atoms with Gasteiger partial charge in [-0.05, 0) is 43.5 Å². The van der Waals surface area contributed by atoms with Crippen molar-refractivity contribution in [1.29, 1.82) is 0 Å². The Morgan fingerprint density at radius 1 is 1.20 bits per heavy atom. The van der Waals surface area contributed by atoms with Crippen LogP contribution in [0.2, 0.25) is 5.02 Å². The standard InChI is InChI=1S/C19H21ClN4O/c1-11(2)19-22-18(23-25-19)15-5-4-10-24(15)16-9-7-13-14(20)8-6-12(3)17(13)21-16/h6-9,11,15H,4-5,10H2,1-3H3. The number of hydrogen-bond acceptors (Lipinski definition) is 5. The fourth-order valence-corrected chi connectivity index (χ4v) is 3.61. The maximum atomic E-state index is 6.31. The van der Waals surface area contributed by atoms with Gasteiger partial charge in [-0.15, -0.1) is 0 Å². The molecule has 1 aliphatic rings. The molecular weight excluding hydrogens is 336 g/mol. The molecule has 25 heavy (non-hydrogen) atoms. The summed E-state index contributed by atoms with van der Waals surface area (Å²) in [4.78, 5) is 11.8. The first-order chi connectivity index (χ1) is 12.0. The molecule has 0 saturated carbocycles. The Balaban J connectivity index is 1.72. The molecule has 0 amide bonds. The Hall–Kier alpha value is -2.14. The summed E-state index contributed by atoms with van der Waals surface area (Å²) < 4.78 is 5.40. The van der Waals surface area contributed by atoms with E-state index in [1.165, 1.54) is 0 Å². The number of fused-ring (bicyclic) bond motifs is 1. The van der Waals surface area contributed by atoms with Crippen LogP contribution in [0, 0.1) is 6.92 Å². The van der Waals surface area contributed by atoms with Crippen molar-refractivity contribution < 1.29 is 4.52 Å². The highest BCUT2D eigenvalue weighted by atomic mass is 35.5. The lowest BCUT2D eigenvalue weighted by Crippen LogP contribution is -2.24. The Morgan fingerprint density at radius 2 is 2.04 bits per heavy atom. The molecule has 1 unspecified atom stereocenters. The van der Waals surface area contributed by atoms with E-state index in [2.05, 4.69) is 41.9 Å². The third kappa shape index (κ3) is 2.86. The van der Waals surface area contributed by atoms with Gasteiger partial charge in [0, 0.05) is 22.9 Å². The van der Waals surface area contributed by atoms with Crippen molar-refractivity contribution in [3.05, 3.63) is 46.6 Å². The van der Waals surface area contributed by atoms with Crippen molar-refractivity contribution in [3.63, 3.8) is 0 Å². The molecule has 3 heterocycles. The van der Waals surface area contributed by atoms with Crippen LogP contribution in [-0.4, -0.2) is 21.7 Å². The average Bonchev–Trinajstić information content (AvgIpc) is 3.26. The van der Waals surface area contributed by atoms with E-state index in [0.717, 1.165) is 52.5 Å². The zero-order valence-corrected chi connectivity index (χ0v) is 15.4. The quantitative estimate of drug-likeness (QED) is 0.657. The second-order valence-corrected chi connectivity index (χ2v) is 7.33. The first-order valence-electron chi connectivity index (χ1n) is 8.70. The molecule has 1 atom stereocenters. The predicted octanol–water partition coefficient (Wildman–Crippen LogP) is 5.04. The Kier molecular flexibility index (Phi) is 4.12. The highest BCUT2D eigenvalue weighted by Gasteiger charge is 2.31. The molecule has 6 heteroatoms. The molecule has 0 radical (unpaired) electrons. The summed E-state index contributed by atoms with van der Waals surface area (Å²) in [6.45, 7) is 7.11. The largest absolute Gasteiger partial charge is 0.346 e. The molecule has 130 valence electrons. The van der Waals surface area contributed by atoms with Crippen LogP contribution >= 0.6 is 11.6 Å². The van der Waals surface area contributed by atoms with Crippen molar-refractivity contribution in [2.24, 2.45) is 0 Å². The maximum absolute atomic E-state index is 6.31. The Bertz CT molecular complexity index is 921. The number of nitrogens with zero attached hydrogens (tertiary/aromatic N) is 4. The molecule has 1 aliphatic heterocycles. The molecule has 1 fully saturated rings. The van der Waals surface area contributed by atoms with E-state index in [1.54, 1.807) is 0 Å². The van der Waals surface area contributed by atoms with Crippen molar-refractivity contribution in [2.75, 3.05) is 11.4 Å². The molecule has 0 bridgehead atoms. The van der Waals surface area contributed by atoms with E-state index < -0.39 is 0 Å². The molecule has 3 aromatic rings. The number of pyridine rings is 1. The monoisotopic (exact) mass is 356 g/mol. The average molecular weight is 357 g/mol. The van der Waals surface area contributed by atoms with Crippen molar-refractivity contribution >= 4 is 28.3 Å². The lowest BCUT2D eigenvalue weighted by molar-refractivity contribution is 0.358. The predicted molar refractivity (Wildman–Crippen MR) is 99.2 cm³/mol. The van der Waals surface area contributed by atoms with Gasteiger partial charge in [-0.2, -0.15) is 4.98 Å². The van der Waals surface area contributed by atoms with Gasteiger partial charge in [-0.25, -0.2) is 4.98 Å². The van der Waals surface area contributed by atoms with Crippen molar-refractivity contribution in [3.8, 4) is 0 Å². The summed E-state index contributed by atoms with van der Waals surface area (Å²) in [5.74, 6) is 2.62. The van der Waals surface area contributed by atoms with Crippen molar-refractivity contribution in [1.82, 2.24) is 15.1 Å². The van der Waals surface area contributed by atoms with Gasteiger partial charge in [0.1, 0.15) is 5.82 Å². The van der Waals surface area contributed by atoms with Crippen LogP contribution in [0.5, 0.6) is 0 Å². The summed E-state index contributed by atoms with van der Waals surface area (Å²) in [6, 6.07) is 8.14. The molecule has 1 saturated heterocycles. The van der Waals surface area contributed by atoms with Gasteiger partial charge >= 0.3 is 0 Å². The van der Waals surface area contributed by atoms with E-state index in [4.69, 9.17) is 21.1 Å². The minimum Gasteiger partial charge on any atom is -0.346 e. The summed E-state index contributed by atoms with van der Waals surface area (Å²) in [5, 5.41) is 5.93. The van der Waals surface area contributed by atoms with Gasteiger partial charge in [0.15, 0.2) is 5.82 Å². The zero-order chi connectivity index (χ0) is 17.6. The number of aryl methyl sites for hydroxylation is 1. The van der Waals surface area contributed by atoms with Crippen LogP contribution in [0.25, 0.3) is 10.9 Å². The van der Waals surface area contributed by atoms with E-state index >= 15 is 0 Å². The Labute approximate surface area is 152 Å². The summed E-state index contributed by atoms with van der Waals surface area (Å²) in [7, 11) is 0. The fourth-order valence-electron chi connectivity index (χ4n) is 3.40. The maximum Gasteiger partial charge on any atom is 0.229 e. The molecule has 0 N–H and O–H groups in total. The first-order valence-corrected chi connectivity index (χ1v) is 9.08. The molecule has 1 aromatic carbocycles. The molecule has 0 spiro atoms. The molecule has 4 rings (SSSR count). The SMILES string of the molecule is Cc1ccc(Cl)c2ccc(N3CCCC3c3noc(C(C)C)n3)nc12. The number of anilines is 1. The highest BCUT2D eigenvalue weighted by Crippen LogP contribution is 2.36. The van der Waals surface area contributed by atoms with Gasteiger partial charge < -0.3 is 9.42 Å². The number of rotatable bonds is 3. The number of aromatic nitrogens is 3. The number of halogens is 1. The lowest BCUT2D eigenvalue weighted by Gasteiger charge is -2.23. The minimum atomic E-state index is 0.112. The normalized spacial score (nSPS) is 17.8. The highest BCUT2D eigenvalue weighted by molar-refractivity contribution is 6.35. The van der Waals surface area contributed by atoms with Crippen LogP contribution in [0.3, 0.4) is 0 Å². The molecule has 5 nitrogen and oxygen atoms in total. The van der Waals surface area contributed by atoms with Gasteiger partial charge in [-0.1, -0.05) is 36.7 Å². The minimum absolute atomic E-state index is 0.112. The summed E-state index contributed by atoms with van der Waals surface area (Å²) >= 11 is 6.31. The molecule has 0 aliphatic carbocycles. The third-order valence-electron chi connectivity index (χ3n) is 4.79.